The summed E-state index contributed by atoms with van der Waals surface area (Å²) in [4.78, 5) is 49.0. The number of carboxylic acid groups (broad SMARTS) is 1. The standard InChI is InChI=1S/C15H16N2O5/c1-16(8-4-7-13(19)20)12(18)9-17-14(21)10-5-2-3-6-11(10)15(17)22/h2-3,5-6H,4,7-9H2,1H3,(H,19,20). The van der Waals surface area contributed by atoms with Gasteiger partial charge in [0.15, 0.2) is 0 Å². The van der Waals surface area contributed by atoms with Gasteiger partial charge < -0.3 is 10.0 Å². The molecule has 1 aromatic carbocycles. The van der Waals surface area contributed by atoms with Gasteiger partial charge in [0.05, 0.1) is 11.1 Å². The van der Waals surface area contributed by atoms with Crippen molar-refractivity contribution in [2.24, 2.45) is 0 Å². The minimum absolute atomic E-state index is 0.0371. The number of aliphatic carboxylic acids is 1. The molecule has 0 unspecified atom stereocenters. The topological polar surface area (TPSA) is 95.0 Å². The number of hydrogen-bond donors (Lipinski definition) is 1. The van der Waals surface area contributed by atoms with Gasteiger partial charge in [-0.2, -0.15) is 0 Å². The normalized spacial score (nSPS) is 13.2. The van der Waals surface area contributed by atoms with Crippen molar-refractivity contribution in [3.8, 4) is 0 Å². The van der Waals surface area contributed by atoms with Crippen molar-refractivity contribution in [1.82, 2.24) is 9.80 Å². The molecule has 7 heteroatoms. The molecule has 22 heavy (non-hydrogen) atoms. The molecule has 0 aromatic heterocycles. The zero-order valence-electron chi connectivity index (χ0n) is 12.1. The third-order valence-electron chi connectivity index (χ3n) is 3.48. The molecule has 0 aliphatic carbocycles. The van der Waals surface area contributed by atoms with Crippen LogP contribution in [0.2, 0.25) is 0 Å². The fourth-order valence-corrected chi connectivity index (χ4v) is 2.23. The highest BCUT2D eigenvalue weighted by atomic mass is 16.4. The highest BCUT2D eigenvalue weighted by Gasteiger charge is 2.36. The lowest BCUT2D eigenvalue weighted by atomic mass is 10.1. The largest absolute Gasteiger partial charge is 0.481 e. The predicted octanol–water partition coefficient (Wildman–Crippen LogP) is 0.606. The molecular formula is C15H16N2O5. The second kappa shape index (κ2) is 6.38. The predicted molar refractivity (Wildman–Crippen MR) is 76.3 cm³/mol. The van der Waals surface area contributed by atoms with E-state index in [-0.39, 0.29) is 19.5 Å². The molecule has 0 fully saturated rings. The minimum atomic E-state index is -0.929. The van der Waals surface area contributed by atoms with Gasteiger partial charge in [-0.05, 0) is 18.6 Å². The maximum absolute atomic E-state index is 12.1. The SMILES string of the molecule is CN(CCCC(=O)O)C(=O)CN1C(=O)c2ccccc2C1=O. The number of carboxylic acids is 1. The minimum Gasteiger partial charge on any atom is -0.481 e. The lowest BCUT2D eigenvalue weighted by Gasteiger charge is -2.20. The van der Waals surface area contributed by atoms with Gasteiger partial charge in [-0.15, -0.1) is 0 Å². The summed E-state index contributed by atoms with van der Waals surface area (Å²) in [5.74, 6) is -2.29. The number of nitrogens with zero attached hydrogens (tertiary/aromatic N) is 2. The van der Waals surface area contributed by atoms with Crippen molar-refractivity contribution in [2.45, 2.75) is 12.8 Å². The van der Waals surface area contributed by atoms with E-state index in [9.17, 15) is 19.2 Å². The summed E-state index contributed by atoms with van der Waals surface area (Å²) in [7, 11) is 1.52. The summed E-state index contributed by atoms with van der Waals surface area (Å²) in [5.41, 5.74) is 0.600. The van der Waals surface area contributed by atoms with Gasteiger partial charge in [0.2, 0.25) is 5.91 Å². The van der Waals surface area contributed by atoms with E-state index >= 15 is 0 Å². The quantitative estimate of drug-likeness (QED) is 0.777. The number of carbonyl (C=O) groups excluding carboxylic acids is 3. The molecule has 0 saturated carbocycles. The van der Waals surface area contributed by atoms with E-state index < -0.39 is 23.7 Å². The molecule has 0 radical (unpaired) electrons. The number of fused-ring (bicyclic) bond motifs is 1. The first-order valence-corrected chi connectivity index (χ1v) is 6.83. The van der Waals surface area contributed by atoms with Crippen LogP contribution in [0.4, 0.5) is 0 Å². The van der Waals surface area contributed by atoms with Crippen LogP contribution in [-0.4, -0.2) is 58.7 Å². The van der Waals surface area contributed by atoms with Crippen molar-refractivity contribution < 1.29 is 24.3 Å². The monoisotopic (exact) mass is 304 g/mol. The second-order valence-corrected chi connectivity index (χ2v) is 5.05. The molecule has 7 nitrogen and oxygen atoms in total. The van der Waals surface area contributed by atoms with Gasteiger partial charge in [0, 0.05) is 20.0 Å². The zero-order chi connectivity index (χ0) is 16.3. The van der Waals surface area contributed by atoms with E-state index in [0.717, 1.165) is 4.90 Å². The number of benzene rings is 1. The van der Waals surface area contributed by atoms with Gasteiger partial charge in [-0.3, -0.25) is 24.1 Å². The third kappa shape index (κ3) is 3.13. The molecule has 1 N–H and O–H groups in total. The van der Waals surface area contributed by atoms with Crippen LogP contribution in [0, 0.1) is 0 Å². The smallest absolute Gasteiger partial charge is 0.303 e. The number of imide groups is 1. The lowest BCUT2D eigenvalue weighted by molar-refractivity contribution is -0.138. The van der Waals surface area contributed by atoms with E-state index in [0.29, 0.717) is 17.5 Å². The summed E-state index contributed by atoms with van der Waals surface area (Å²) in [6.07, 6.45) is 0.282. The first-order valence-electron chi connectivity index (χ1n) is 6.83. The number of rotatable bonds is 6. The number of hydrogen-bond acceptors (Lipinski definition) is 4. The molecule has 1 aromatic rings. The van der Waals surface area contributed by atoms with Crippen molar-refractivity contribution >= 4 is 23.7 Å². The lowest BCUT2D eigenvalue weighted by Crippen LogP contribution is -2.41. The molecular weight excluding hydrogens is 288 g/mol. The van der Waals surface area contributed by atoms with Crippen LogP contribution in [0.3, 0.4) is 0 Å². The Balaban J connectivity index is 1.97. The fourth-order valence-electron chi connectivity index (χ4n) is 2.23. The molecule has 0 spiro atoms. The maximum Gasteiger partial charge on any atom is 0.303 e. The van der Waals surface area contributed by atoms with Crippen molar-refractivity contribution in [3.63, 3.8) is 0 Å². The molecule has 1 aliphatic heterocycles. The van der Waals surface area contributed by atoms with Crippen LogP contribution in [-0.2, 0) is 9.59 Å². The Bertz CT molecular complexity index is 606. The van der Waals surface area contributed by atoms with E-state index in [1.54, 1.807) is 24.3 Å². The highest BCUT2D eigenvalue weighted by Crippen LogP contribution is 2.22. The maximum atomic E-state index is 12.1. The fraction of sp³-hybridized carbons (Fsp3) is 0.333. The molecule has 1 heterocycles. The Morgan fingerprint density at radius 1 is 1.14 bits per heavy atom. The molecule has 2 rings (SSSR count). The van der Waals surface area contributed by atoms with Crippen LogP contribution in [0.5, 0.6) is 0 Å². The Labute approximate surface area is 127 Å². The first kappa shape index (κ1) is 15.7. The molecule has 116 valence electrons. The van der Waals surface area contributed by atoms with E-state index in [4.69, 9.17) is 5.11 Å². The van der Waals surface area contributed by atoms with Crippen molar-refractivity contribution in [3.05, 3.63) is 35.4 Å². The van der Waals surface area contributed by atoms with Crippen LogP contribution in [0.1, 0.15) is 33.6 Å². The summed E-state index contributed by atoms with van der Waals surface area (Å²) in [5, 5.41) is 8.56. The number of likely N-dealkylation sites (N-methyl/N-ethyl adjacent to an activating group) is 1. The Hall–Kier alpha value is -2.70. The molecule has 3 amide bonds. The average molecular weight is 304 g/mol. The summed E-state index contributed by atoms with van der Waals surface area (Å²) >= 11 is 0. The summed E-state index contributed by atoms with van der Waals surface area (Å²) in [6, 6.07) is 6.42. The van der Waals surface area contributed by atoms with E-state index in [2.05, 4.69) is 0 Å². The number of carbonyl (C=O) groups is 4. The van der Waals surface area contributed by atoms with Gasteiger partial charge in [0.25, 0.3) is 11.8 Å². The Morgan fingerprint density at radius 3 is 2.18 bits per heavy atom. The van der Waals surface area contributed by atoms with E-state index in [1.807, 2.05) is 0 Å². The van der Waals surface area contributed by atoms with Crippen LogP contribution in [0.15, 0.2) is 24.3 Å². The van der Waals surface area contributed by atoms with Crippen LogP contribution in [0.25, 0.3) is 0 Å². The van der Waals surface area contributed by atoms with Crippen LogP contribution >= 0.6 is 0 Å². The average Bonchev–Trinajstić information content (AvgIpc) is 2.72. The van der Waals surface area contributed by atoms with Gasteiger partial charge in [-0.25, -0.2) is 0 Å². The van der Waals surface area contributed by atoms with Gasteiger partial charge in [-0.1, -0.05) is 12.1 Å². The van der Waals surface area contributed by atoms with E-state index in [1.165, 1.54) is 11.9 Å². The first-order chi connectivity index (χ1) is 10.4. The van der Waals surface area contributed by atoms with Crippen molar-refractivity contribution in [2.75, 3.05) is 20.1 Å². The highest BCUT2D eigenvalue weighted by molar-refractivity contribution is 6.22. The zero-order valence-corrected chi connectivity index (χ0v) is 12.1. The summed E-state index contributed by atoms with van der Waals surface area (Å²) < 4.78 is 0. The van der Waals surface area contributed by atoms with Crippen LogP contribution < -0.4 is 0 Å². The Morgan fingerprint density at radius 2 is 1.68 bits per heavy atom. The van der Waals surface area contributed by atoms with Gasteiger partial charge >= 0.3 is 5.97 Å². The van der Waals surface area contributed by atoms with Crippen molar-refractivity contribution in [1.29, 1.82) is 0 Å². The Kier molecular flexibility index (Phi) is 4.55. The third-order valence-corrected chi connectivity index (χ3v) is 3.48. The second-order valence-electron chi connectivity index (χ2n) is 5.05. The van der Waals surface area contributed by atoms with Gasteiger partial charge in [0.1, 0.15) is 6.54 Å². The summed E-state index contributed by atoms with van der Waals surface area (Å²) in [6.45, 7) is -0.0791. The molecule has 0 atom stereocenters. The molecule has 0 bridgehead atoms. The molecule has 1 aliphatic rings. The number of amides is 3. The molecule has 0 saturated heterocycles.